The summed E-state index contributed by atoms with van der Waals surface area (Å²) < 4.78 is 29.4. The third kappa shape index (κ3) is 14.3. The molecule has 0 aromatic carbocycles. The molecule has 0 radical (unpaired) electrons. The normalized spacial score (nSPS) is 20.1. The van der Waals surface area contributed by atoms with E-state index in [4.69, 9.17) is 4.74 Å². The first kappa shape index (κ1) is 23.6. The molecule has 1 aliphatic rings. The SMILES string of the molecule is CCCCCC1OC1CC=CCC=CCC=CCCCC(=O)NS(C)(=O)=O. The third-order valence-electron chi connectivity index (χ3n) is 4.27. The van der Waals surface area contributed by atoms with E-state index in [0.29, 0.717) is 18.6 Å². The summed E-state index contributed by atoms with van der Waals surface area (Å²) in [5.41, 5.74) is 0. The maximum atomic E-state index is 11.3. The van der Waals surface area contributed by atoms with Gasteiger partial charge in [0.25, 0.3) is 0 Å². The minimum Gasteiger partial charge on any atom is -0.369 e. The lowest BCUT2D eigenvalue weighted by Crippen LogP contribution is -2.28. The van der Waals surface area contributed by atoms with E-state index < -0.39 is 15.9 Å². The molecule has 27 heavy (non-hydrogen) atoms. The standard InChI is InChI=1S/C21H35NO4S/c1-3-4-13-16-19-20(26-19)17-14-11-9-7-5-6-8-10-12-15-18-21(23)22-27(2,24)25/h5,7-8,10-11,14,19-20H,3-4,6,9,12-13,15-18H2,1-2H3,(H,22,23). The van der Waals surface area contributed by atoms with Crippen molar-refractivity contribution < 1.29 is 17.9 Å². The average molecular weight is 398 g/mol. The van der Waals surface area contributed by atoms with Gasteiger partial charge in [0.2, 0.25) is 15.9 Å². The Kier molecular flexibility index (Phi) is 12.0. The number of carbonyl (C=O) groups excluding carboxylic acids is 1. The number of sulfonamides is 1. The van der Waals surface area contributed by atoms with Crippen molar-refractivity contribution in [2.45, 2.75) is 83.3 Å². The number of rotatable bonds is 15. The van der Waals surface area contributed by atoms with Crippen LogP contribution < -0.4 is 4.72 Å². The van der Waals surface area contributed by atoms with Crippen molar-refractivity contribution in [1.82, 2.24) is 4.72 Å². The van der Waals surface area contributed by atoms with Gasteiger partial charge in [-0.3, -0.25) is 9.52 Å². The maximum absolute atomic E-state index is 11.3. The highest BCUT2D eigenvalue weighted by molar-refractivity contribution is 7.89. The zero-order valence-electron chi connectivity index (χ0n) is 16.7. The Hall–Kier alpha value is -1.40. The maximum Gasteiger partial charge on any atom is 0.233 e. The van der Waals surface area contributed by atoms with Gasteiger partial charge in [-0.25, -0.2) is 8.42 Å². The summed E-state index contributed by atoms with van der Waals surface area (Å²) in [5.74, 6) is -0.443. The van der Waals surface area contributed by atoms with Gasteiger partial charge in [0, 0.05) is 6.42 Å². The molecule has 2 atom stereocenters. The fourth-order valence-electron chi connectivity index (χ4n) is 2.76. The van der Waals surface area contributed by atoms with Crippen LogP contribution in [0.15, 0.2) is 36.5 Å². The number of epoxide rings is 1. The highest BCUT2D eigenvalue weighted by Crippen LogP contribution is 2.30. The van der Waals surface area contributed by atoms with Crippen molar-refractivity contribution in [1.29, 1.82) is 0 Å². The smallest absolute Gasteiger partial charge is 0.233 e. The Morgan fingerprint density at radius 1 is 0.963 bits per heavy atom. The van der Waals surface area contributed by atoms with Crippen LogP contribution in [0.25, 0.3) is 0 Å². The molecule has 1 heterocycles. The van der Waals surface area contributed by atoms with Gasteiger partial charge in [0.15, 0.2) is 0 Å². The first-order chi connectivity index (χ1) is 12.9. The molecule has 0 aliphatic carbocycles. The van der Waals surface area contributed by atoms with Crippen molar-refractivity contribution in [3.8, 4) is 0 Å². The molecule has 1 saturated heterocycles. The first-order valence-corrected chi connectivity index (χ1v) is 11.9. The molecule has 0 saturated carbocycles. The van der Waals surface area contributed by atoms with Gasteiger partial charge >= 0.3 is 0 Å². The molecular formula is C21H35NO4S. The lowest BCUT2D eigenvalue weighted by Gasteiger charge is -2.00. The monoisotopic (exact) mass is 397 g/mol. The molecule has 6 heteroatoms. The molecule has 1 rings (SSSR count). The zero-order chi connectivity index (χ0) is 20.0. The van der Waals surface area contributed by atoms with Crippen LogP contribution in [0.5, 0.6) is 0 Å². The molecule has 154 valence electrons. The van der Waals surface area contributed by atoms with E-state index in [1.165, 1.54) is 25.7 Å². The molecule has 1 amide bonds. The van der Waals surface area contributed by atoms with Gasteiger partial charge < -0.3 is 4.74 Å². The summed E-state index contributed by atoms with van der Waals surface area (Å²) in [6, 6.07) is 0. The molecule has 2 unspecified atom stereocenters. The minimum atomic E-state index is -3.44. The summed E-state index contributed by atoms with van der Waals surface area (Å²) >= 11 is 0. The van der Waals surface area contributed by atoms with Crippen molar-refractivity contribution in [2.75, 3.05) is 6.26 Å². The number of nitrogens with one attached hydrogen (secondary N) is 1. The second-order valence-corrected chi connectivity index (χ2v) is 8.77. The molecule has 0 aromatic rings. The Morgan fingerprint density at radius 3 is 2.30 bits per heavy atom. The number of amides is 1. The van der Waals surface area contributed by atoms with Crippen molar-refractivity contribution >= 4 is 15.9 Å². The van der Waals surface area contributed by atoms with Crippen molar-refractivity contribution in [3.05, 3.63) is 36.5 Å². The Balaban J connectivity index is 1.94. The van der Waals surface area contributed by atoms with E-state index in [-0.39, 0.29) is 6.42 Å². The predicted octanol–water partition coefficient (Wildman–Crippen LogP) is 4.42. The van der Waals surface area contributed by atoms with Crippen LogP contribution in [0.3, 0.4) is 0 Å². The van der Waals surface area contributed by atoms with Crippen molar-refractivity contribution in [3.63, 3.8) is 0 Å². The Labute approximate surface area is 165 Å². The molecule has 1 N–H and O–H groups in total. The fraction of sp³-hybridized carbons (Fsp3) is 0.667. The van der Waals surface area contributed by atoms with Crippen LogP contribution in [-0.2, 0) is 19.6 Å². The summed E-state index contributed by atoms with van der Waals surface area (Å²) in [7, 11) is -3.44. The number of ether oxygens (including phenoxy) is 1. The highest BCUT2D eigenvalue weighted by Gasteiger charge is 2.36. The van der Waals surface area contributed by atoms with E-state index in [0.717, 1.165) is 31.9 Å². The van der Waals surface area contributed by atoms with Crippen LogP contribution in [0, 0.1) is 0 Å². The van der Waals surface area contributed by atoms with Crippen molar-refractivity contribution in [2.24, 2.45) is 0 Å². The summed E-state index contributed by atoms with van der Waals surface area (Å²) in [5, 5.41) is 0. The van der Waals surface area contributed by atoms with Gasteiger partial charge in [-0.1, -0.05) is 62.6 Å². The Morgan fingerprint density at radius 2 is 1.63 bits per heavy atom. The number of carbonyl (C=O) groups is 1. The van der Waals surface area contributed by atoms with Gasteiger partial charge in [0.1, 0.15) is 0 Å². The quantitative estimate of drug-likeness (QED) is 0.252. The largest absolute Gasteiger partial charge is 0.369 e. The summed E-state index contributed by atoms with van der Waals surface area (Å²) in [4.78, 5) is 11.3. The molecule has 5 nitrogen and oxygen atoms in total. The first-order valence-electron chi connectivity index (χ1n) is 10.0. The summed E-state index contributed by atoms with van der Waals surface area (Å²) in [6.07, 6.45) is 24.2. The molecule has 1 aliphatic heterocycles. The lowest BCUT2D eigenvalue weighted by molar-refractivity contribution is -0.119. The average Bonchev–Trinajstić information content (AvgIpc) is 3.33. The molecule has 0 bridgehead atoms. The number of unbranched alkanes of at least 4 members (excludes halogenated alkanes) is 3. The van der Waals surface area contributed by atoms with E-state index in [2.05, 4.69) is 37.3 Å². The third-order valence-corrected chi connectivity index (χ3v) is 4.86. The highest BCUT2D eigenvalue weighted by atomic mass is 32.2. The van der Waals surface area contributed by atoms with Crippen LogP contribution in [0.4, 0.5) is 0 Å². The molecule has 0 aromatic heterocycles. The van der Waals surface area contributed by atoms with Gasteiger partial charge in [-0.15, -0.1) is 0 Å². The van der Waals surface area contributed by atoms with E-state index in [1.54, 1.807) is 0 Å². The molecular weight excluding hydrogens is 362 g/mol. The van der Waals surface area contributed by atoms with E-state index in [9.17, 15) is 13.2 Å². The van der Waals surface area contributed by atoms with Crippen LogP contribution in [0.2, 0.25) is 0 Å². The van der Waals surface area contributed by atoms with E-state index in [1.807, 2.05) is 10.8 Å². The van der Waals surface area contributed by atoms with Gasteiger partial charge in [-0.05, 0) is 38.5 Å². The number of allylic oxidation sites excluding steroid dienone is 5. The molecule has 1 fully saturated rings. The second-order valence-electron chi connectivity index (χ2n) is 7.02. The second kappa shape index (κ2) is 13.7. The predicted molar refractivity (Wildman–Crippen MR) is 111 cm³/mol. The number of hydrogen-bond donors (Lipinski definition) is 1. The Bertz CT molecular complexity index is 608. The number of hydrogen-bond acceptors (Lipinski definition) is 4. The van der Waals surface area contributed by atoms with Gasteiger partial charge in [-0.2, -0.15) is 0 Å². The van der Waals surface area contributed by atoms with E-state index >= 15 is 0 Å². The van der Waals surface area contributed by atoms with Crippen LogP contribution in [0.1, 0.15) is 71.1 Å². The van der Waals surface area contributed by atoms with Crippen LogP contribution in [-0.4, -0.2) is 32.8 Å². The minimum absolute atomic E-state index is 0.224. The fourth-order valence-corrected chi connectivity index (χ4v) is 3.28. The lowest BCUT2D eigenvalue weighted by atomic mass is 10.1. The topological polar surface area (TPSA) is 75.8 Å². The molecule has 0 spiro atoms. The van der Waals surface area contributed by atoms with Gasteiger partial charge in [0.05, 0.1) is 18.5 Å². The van der Waals surface area contributed by atoms with Crippen LogP contribution >= 0.6 is 0 Å². The summed E-state index contributed by atoms with van der Waals surface area (Å²) in [6.45, 7) is 2.22. The zero-order valence-corrected chi connectivity index (χ0v) is 17.5.